The van der Waals surface area contributed by atoms with Gasteiger partial charge in [-0.05, 0) is 0 Å². The van der Waals surface area contributed by atoms with E-state index in [1.165, 1.54) is 0 Å². The van der Waals surface area contributed by atoms with Crippen LogP contribution in [0.4, 0.5) is 5.95 Å². The van der Waals surface area contributed by atoms with Crippen LogP contribution in [0.1, 0.15) is 11.9 Å². The maximum absolute atomic E-state index is 9.03. The largest absolute Gasteiger partial charge is 0.384 e. The van der Waals surface area contributed by atoms with E-state index in [0.717, 1.165) is 0 Å². The molecule has 6 N–H and O–H groups in total. The lowest BCUT2D eigenvalue weighted by molar-refractivity contribution is 0.177. The average molecular weight is 143 g/mol. The maximum atomic E-state index is 9.03. The van der Waals surface area contributed by atoms with E-state index in [-0.39, 0.29) is 12.5 Å². The van der Waals surface area contributed by atoms with E-state index in [1.54, 1.807) is 0 Å². The fraction of sp³-hybridized carbons (Fsp3) is 0.500. The van der Waals surface area contributed by atoms with Crippen molar-refractivity contribution in [3.63, 3.8) is 0 Å². The third kappa shape index (κ3) is 1.23. The summed E-state index contributed by atoms with van der Waals surface area (Å²) in [7, 11) is 0. The van der Waals surface area contributed by atoms with Gasteiger partial charge in [0.05, 0.1) is 0 Å². The van der Waals surface area contributed by atoms with Gasteiger partial charge in [-0.25, -0.2) is 0 Å². The van der Waals surface area contributed by atoms with Crippen molar-refractivity contribution in [1.82, 2.24) is 15.2 Å². The molecule has 10 heavy (non-hydrogen) atoms. The third-order valence-electron chi connectivity index (χ3n) is 1.06. The Labute approximate surface area is 57.3 Å². The highest BCUT2D eigenvalue weighted by Crippen LogP contribution is 2.04. The SMILES string of the molecule is NC[C@H](O)c1nc(N)n[nH]1. The highest BCUT2D eigenvalue weighted by Gasteiger charge is 2.08. The lowest BCUT2D eigenvalue weighted by Gasteiger charge is -1.99. The molecule has 0 spiro atoms. The smallest absolute Gasteiger partial charge is 0.239 e. The Balaban J connectivity index is 2.74. The van der Waals surface area contributed by atoms with E-state index in [9.17, 15) is 0 Å². The Morgan fingerprint density at radius 3 is 2.80 bits per heavy atom. The van der Waals surface area contributed by atoms with Gasteiger partial charge in [-0.3, -0.25) is 5.10 Å². The lowest BCUT2D eigenvalue weighted by atomic mass is 10.3. The Hall–Kier alpha value is -1.14. The quantitative estimate of drug-likeness (QED) is 0.397. The first kappa shape index (κ1) is 6.97. The first-order chi connectivity index (χ1) is 4.74. The van der Waals surface area contributed by atoms with Gasteiger partial charge in [0, 0.05) is 6.54 Å². The lowest BCUT2D eigenvalue weighted by Crippen LogP contribution is -2.12. The summed E-state index contributed by atoms with van der Waals surface area (Å²) in [5, 5.41) is 15.0. The number of rotatable bonds is 2. The molecule has 0 amide bonds. The number of hydrogen-bond acceptors (Lipinski definition) is 5. The van der Waals surface area contributed by atoms with Gasteiger partial charge in [0.15, 0.2) is 5.82 Å². The number of hydrogen-bond donors (Lipinski definition) is 4. The number of H-pyrrole nitrogens is 1. The molecule has 6 heteroatoms. The van der Waals surface area contributed by atoms with Crippen LogP contribution in [-0.2, 0) is 0 Å². The number of aromatic nitrogens is 3. The fourth-order valence-electron chi connectivity index (χ4n) is 0.549. The van der Waals surface area contributed by atoms with E-state index in [2.05, 4.69) is 15.2 Å². The molecule has 0 aromatic carbocycles. The van der Waals surface area contributed by atoms with Gasteiger partial charge >= 0.3 is 0 Å². The molecule has 0 aliphatic rings. The van der Waals surface area contributed by atoms with Gasteiger partial charge in [0.1, 0.15) is 6.10 Å². The molecule has 0 aliphatic carbocycles. The minimum absolute atomic E-state index is 0.106. The van der Waals surface area contributed by atoms with Crippen LogP contribution in [0.3, 0.4) is 0 Å². The van der Waals surface area contributed by atoms with E-state index in [4.69, 9.17) is 16.6 Å². The highest BCUT2D eigenvalue weighted by atomic mass is 16.3. The number of aliphatic hydroxyl groups excluding tert-OH is 1. The van der Waals surface area contributed by atoms with Crippen molar-refractivity contribution in [3.05, 3.63) is 5.82 Å². The van der Waals surface area contributed by atoms with Crippen molar-refractivity contribution in [2.45, 2.75) is 6.10 Å². The molecule has 0 saturated carbocycles. The van der Waals surface area contributed by atoms with Crippen molar-refractivity contribution in [1.29, 1.82) is 0 Å². The first-order valence-corrected chi connectivity index (χ1v) is 2.80. The third-order valence-corrected chi connectivity index (χ3v) is 1.06. The summed E-state index contributed by atoms with van der Waals surface area (Å²) in [6.07, 6.45) is -0.801. The molecule has 1 aromatic rings. The second kappa shape index (κ2) is 2.63. The Morgan fingerprint density at radius 1 is 1.70 bits per heavy atom. The van der Waals surface area contributed by atoms with Gasteiger partial charge in [-0.1, -0.05) is 0 Å². The molecule has 0 saturated heterocycles. The zero-order valence-electron chi connectivity index (χ0n) is 5.28. The number of nitrogens with zero attached hydrogens (tertiary/aromatic N) is 2. The second-order valence-corrected chi connectivity index (χ2v) is 1.83. The van der Waals surface area contributed by atoms with Gasteiger partial charge in [-0.15, -0.1) is 5.10 Å². The molecule has 1 heterocycles. The van der Waals surface area contributed by atoms with Crippen LogP contribution in [0.2, 0.25) is 0 Å². The van der Waals surface area contributed by atoms with Crippen LogP contribution in [0.5, 0.6) is 0 Å². The van der Waals surface area contributed by atoms with Crippen LogP contribution in [0.15, 0.2) is 0 Å². The topological polar surface area (TPSA) is 114 Å². The number of nitrogens with two attached hydrogens (primary N) is 2. The van der Waals surface area contributed by atoms with E-state index < -0.39 is 6.10 Å². The molecular formula is C4H9N5O. The number of aromatic amines is 1. The number of nitrogen functional groups attached to an aromatic ring is 1. The van der Waals surface area contributed by atoms with Gasteiger partial charge in [-0.2, -0.15) is 4.98 Å². The average Bonchev–Trinajstić information content (AvgIpc) is 2.34. The molecule has 1 aromatic heterocycles. The maximum Gasteiger partial charge on any atom is 0.239 e. The molecule has 0 fully saturated rings. The van der Waals surface area contributed by atoms with Crippen LogP contribution < -0.4 is 11.5 Å². The molecule has 1 rings (SSSR count). The molecule has 56 valence electrons. The number of anilines is 1. The summed E-state index contributed by atoms with van der Waals surface area (Å²) in [6, 6.07) is 0. The molecule has 0 radical (unpaired) electrons. The molecule has 0 bridgehead atoms. The molecule has 0 unspecified atom stereocenters. The summed E-state index contributed by atoms with van der Waals surface area (Å²) in [5.41, 5.74) is 10.3. The van der Waals surface area contributed by atoms with E-state index in [0.29, 0.717) is 5.82 Å². The van der Waals surface area contributed by atoms with Crippen LogP contribution >= 0.6 is 0 Å². The van der Waals surface area contributed by atoms with Gasteiger partial charge < -0.3 is 16.6 Å². The Kier molecular flexibility index (Phi) is 1.83. The predicted molar refractivity (Wildman–Crippen MR) is 34.8 cm³/mol. The minimum Gasteiger partial charge on any atom is -0.384 e. The number of aliphatic hydroxyl groups is 1. The molecular weight excluding hydrogens is 134 g/mol. The summed E-state index contributed by atoms with van der Waals surface area (Å²) in [4.78, 5) is 3.66. The first-order valence-electron chi connectivity index (χ1n) is 2.80. The van der Waals surface area contributed by atoms with Gasteiger partial charge in [0.2, 0.25) is 5.95 Å². The van der Waals surface area contributed by atoms with Crippen LogP contribution in [0.25, 0.3) is 0 Å². The Bertz CT molecular complexity index is 209. The normalized spacial score (nSPS) is 13.4. The fourth-order valence-corrected chi connectivity index (χ4v) is 0.549. The molecule has 0 aliphatic heterocycles. The van der Waals surface area contributed by atoms with Gasteiger partial charge in [0.25, 0.3) is 0 Å². The van der Waals surface area contributed by atoms with Crippen molar-refractivity contribution in [2.24, 2.45) is 5.73 Å². The zero-order chi connectivity index (χ0) is 7.56. The second-order valence-electron chi connectivity index (χ2n) is 1.83. The van der Waals surface area contributed by atoms with Crippen molar-refractivity contribution in [2.75, 3.05) is 12.3 Å². The van der Waals surface area contributed by atoms with E-state index >= 15 is 0 Å². The Morgan fingerprint density at radius 2 is 2.40 bits per heavy atom. The van der Waals surface area contributed by atoms with Crippen LogP contribution in [-0.4, -0.2) is 26.8 Å². The summed E-state index contributed by atoms with van der Waals surface area (Å²) in [6.45, 7) is 0.106. The summed E-state index contributed by atoms with van der Waals surface area (Å²) < 4.78 is 0. The van der Waals surface area contributed by atoms with Crippen molar-refractivity contribution >= 4 is 5.95 Å². The summed E-state index contributed by atoms with van der Waals surface area (Å²) in [5.74, 6) is 0.419. The highest BCUT2D eigenvalue weighted by molar-refractivity contribution is 5.13. The monoisotopic (exact) mass is 143 g/mol. The standard InChI is InChI=1S/C4H9N5O/c5-1-2(10)3-7-4(6)9-8-3/h2,10H,1,5H2,(H3,6,7,8,9)/t2-/m0/s1. The van der Waals surface area contributed by atoms with Crippen molar-refractivity contribution < 1.29 is 5.11 Å². The van der Waals surface area contributed by atoms with Crippen LogP contribution in [0, 0.1) is 0 Å². The zero-order valence-corrected chi connectivity index (χ0v) is 5.28. The predicted octanol–water partition coefficient (Wildman–Crippen LogP) is -1.62. The van der Waals surface area contributed by atoms with Crippen molar-refractivity contribution in [3.8, 4) is 0 Å². The number of nitrogens with one attached hydrogen (secondary N) is 1. The van der Waals surface area contributed by atoms with E-state index in [1.807, 2.05) is 0 Å². The minimum atomic E-state index is -0.801. The molecule has 6 nitrogen and oxygen atoms in total. The molecule has 1 atom stereocenters. The summed E-state index contributed by atoms with van der Waals surface area (Å²) >= 11 is 0.